The van der Waals surface area contributed by atoms with Crippen LogP contribution in [0.5, 0.6) is 0 Å². The molecule has 0 radical (unpaired) electrons. The number of rotatable bonds is 7. The number of hydrogen-bond acceptors (Lipinski definition) is 3. The number of nitrogens with two attached hydrogens (primary N) is 1. The van der Waals surface area contributed by atoms with Crippen LogP contribution in [0.25, 0.3) is 0 Å². The molecule has 0 saturated carbocycles. The topological polar surface area (TPSA) is 66.5 Å². The van der Waals surface area contributed by atoms with Crippen molar-refractivity contribution in [2.75, 3.05) is 6.61 Å². The summed E-state index contributed by atoms with van der Waals surface area (Å²) in [5, 5.41) is 18.1. The van der Waals surface area contributed by atoms with Gasteiger partial charge in [0.1, 0.15) is 5.72 Å². The highest BCUT2D eigenvalue weighted by Gasteiger charge is 2.18. The van der Waals surface area contributed by atoms with Gasteiger partial charge in [0, 0.05) is 6.61 Å². The lowest BCUT2D eigenvalue weighted by atomic mass is 10.0. The van der Waals surface area contributed by atoms with Gasteiger partial charge in [-0.25, -0.2) is 0 Å². The first-order chi connectivity index (χ1) is 5.62. The van der Waals surface area contributed by atoms with Crippen molar-refractivity contribution in [3.63, 3.8) is 0 Å². The number of unbranched alkanes of at least 4 members (excludes halogenated alkanes) is 2. The molecule has 0 aliphatic rings. The molecule has 0 bridgehead atoms. The number of aliphatic hydroxyl groups excluding tert-OH is 1. The Balaban J connectivity index is 3.42. The minimum Gasteiger partial charge on any atom is -0.396 e. The van der Waals surface area contributed by atoms with Gasteiger partial charge in [-0.05, 0) is 25.7 Å². The first kappa shape index (κ1) is 11.9. The summed E-state index contributed by atoms with van der Waals surface area (Å²) in [6.45, 7) is 2.22. The van der Waals surface area contributed by atoms with Gasteiger partial charge in [0.25, 0.3) is 0 Å². The predicted octanol–water partition coefficient (Wildman–Crippen LogP) is 0.986. The molecule has 0 aromatic carbocycles. The van der Waals surface area contributed by atoms with Crippen LogP contribution < -0.4 is 5.73 Å². The molecule has 12 heavy (non-hydrogen) atoms. The van der Waals surface area contributed by atoms with Crippen molar-refractivity contribution in [1.82, 2.24) is 0 Å². The summed E-state index contributed by atoms with van der Waals surface area (Å²) in [6, 6.07) is 0. The second kappa shape index (κ2) is 6.40. The fraction of sp³-hybridized carbons (Fsp3) is 1.00. The van der Waals surface area contributed by atoms with Crippen LogP contribution in [0.4, 0.5) is 0 Å². The van der Waals surface area contributed by atoms with Crippen molar-refractivity contribution in [2.24, 2.45) is 5.73 Å². The Morgan fingerprint density at radius 3 is 2.25 bits per heavy atom. The lowest BCUT2D eigenvalue weighted by molar-refractivity contribution is 0.0205. The van der Waals surface area contributed by atoms with E-state index in [1.165, 1.54) is 0 Å². The number of hydrogen-bond donors (Lipinski definition) is 3. The van der Waals surface area contributed by atoms with Gasteiger partial charge in [0.15, 0.2) is 0 Å². The van der Waals surface area contributed by atoms with Gasteiger partial charge in [0.2, 0.25) is 0 Å². The fourth-order valence-electron chi connectivity index (χ4n) is 1.19. The van der Waals surface area contributed by atoms with Crippen LogP contribution >= 0.6 is 0 Å². The Morgan fingerprint density at radius 2 is 1.75 bits per heavy atom. The van der Waals surface area contributed by atoms with E-state index >= 15 is 0 Å². The lowest BCUT2D eigenvalue weighted by Gasteiger charge is -2.22. The zero-order valence-corrected chi connectivity index (χ0v) is 7.92. The van der Waals surface area contributed by atoms with Gasteiger partial charge in [0.05, 0.1) is 0 Å². The molecular formula is C9H21NO2. The summed E-state index contributed by atoms with van der Waals surface area (Å²) in [4.78, 5) is 0. The van der Waals surface area contributed by atoms with E-state index in [0.717, 1.165) is 19.3 Å². The summed E-state index contributed by atoms with van der Waals surface area (Å²) in [7, 11) is 0. The number of aliphatic hydroxyl groups is 2. The van der Waals surface area contributed by atoms with E-state index < -0.39 is 5.72 Å². The molecular weight excluding hydrogens is 154 g/mol. The molecule has 0 rings (SSSR count). The van der Waals surface area contributed by atoms with E-state index in [1.807, 2.05) is 0 Å². The summed E-state index contributed by atoms with van der Waals surface area (Å²) < 4.78 is 0. The Kier molecular flexibility index (Phi) is 6.34. The van der Waals surface area contributed by atoms with E-state index in [-0.39, 0.29) is 6.61 Å². The molecule has 0 fully saturated rings. The molecule has 4 N–H and O–H groups in total. The van der Waals surface area contributed by atoms with Crippen LogP contribution in [0.3, 0.4) is 0 Å². The third kappa shape index (κ3) is 6.58. The van der Waals surface area contributed by atoms with Gasteiger partial charge >= 0.3 is 0 Å². The average Bonchev–Trinajstić information content (AvgIpc) is 2.01. The summed E-state index contributed by atoms with van der Waals surface area (Å²) in [5.74, 6) is 0. The van der Waals surface area contributed by atoms with Gasteiger partial charge in [-0.2, -0.15) is 0 Å². The SMILES string of the molecule is CCCCCC(N)(O)CCCO. The molecule has 1 atom stereocenters. The van der Waals surface area contributed by atoms with Gasteiger partial charge in [-0.1, -0.05) is 19.8 Å². The van der Waals surface area contributed by atoms with Crippen LogP contribution in [0.1, 0.15) is 45.4 Å². The van der Waals surface area contributed by atoms with Crippen LogP contribution in [0, 0.1) is 0 Å². The normalized spacial score (nSPS) is 16.0. The smallest absolute Gasteiger partial charge is 0.113 e. The molecule has 0 amide bonds. The predicted molar refractivity (Wildman–Crippen MR) is 49.6 cm³/mol. The van der Waals surface area contributed by atoms with Crippen LogP contribution in [-0.2, 0) is 0 Å². The quantitative estimate of drug-likeness (QED) is 0.399. The third-order valence-electron chi connectivity index (χ3n) is 1.98. The Bertz CT molecular complexity index is 105. The van der Waals surface area contributed by atoms with Crippen molar-refractivity contribution in [1.29, 1.82) is 0 Å². The maximum Gasteiger partial charge on any atom is 0.113 e. The zero-order valence-electron chi connectivity index (χ0n) is 7.92. The lowest BCUT2D eigenvalue weighted by Crippen LogP contribution is -2.39. The molecule has 3 heteroatoms. The molecule has 0 aliphatic heterocycles. The van der Waals surface area contributed by atoms with Crippen LogP contribution in [0.2, 0.25) is 0 Å². The molecule has 3 nitrogen and oxygen atoms in total. The molecule has 0 aromatic heterocycles. The third-order valence-corrected chi connectivity index (χ3v) is 1.98. The van der Waals surface area contributed by atoms with E-state index in [9.17, 15) is 5.11 Å². The molecule has 0 saturated heterocycles. The fourth-order valence-corrected chi connectivity index (χ4v) is 1.19. The van der Waals surface area contributed by atoms with E-state index in [1.54, 1.807) is 0 Å². The largest absolute Gasteiger partial charge is 0.396 e. The van der Waals surface area contributed by atoms with Crippen molar-refractivity contribution in [2.45, 2.75) is 51.2 Å². The first-order valence-electron chi connectivity index (χ1n) is 4.74. The second-order valence-corrected chi connectivity index (χ2v) is 3.39. The molecule has 0 aromatic rings. The maximum absolute atomic E-state index is 9.54. The van der Waals surface area contributed by atoms with E-state index in [0.29, 0.717) is 19.3 Å². The van der Waals surface area contributed by atoms with E-state index in [4.69, 9.17) is 10.8 Å². The van der Waals surface area contributed by atoms with Crippen molar-refractivity contribution in [3.05, 3.63) is 0 Å². The highest BCUT2D eigenvalue weighted by molar-refractivity contribution is 4.69. The summed E-state index contributed by atoms with van der Waals surface area (Å²) >= 11 is 0. The minimum atomic E-state index is -1.06. The Labute approximate surface area is 74.6 Å². The van der Waals surface area contributed by atoms with Crippen molar-refractivity contribution < 1.29 is 10.2 Å². The highest BCUT2D eigenvalue weighted by atomic mass is 16.3. The summed E-state index contributed by atoms with van der Waals surface area (Å²) in [6.07, 6.45) is 4.93. The van der Waals surface area contributed by atoms with Crippen molar-refractivity contribution in [3.8, 4) is 0 Å². The Morgan fingerprint density at radius 1 is 1.17 bits per heavy atom. The highest BCUT2D eigenvalue weighted by Crippen LogP contribution is 2.14. The van der Waals surface area contributed by atoms with Crippen LogP contribution in [-0.4, -0.2) is 22.5 Å². The summed E-state index contributed by atoms with van der Waals surface area (Å²) in [5.41, 5.74) is 4.53. The standard InChI is InChI=1S/C9H21NO2/c1-2-3-4-6-9(10,12)7-5-8-11/h11-12H,2-8,10H2,1H3. The average molecular weight is 175 g/mol. The molecule has 1 unspecified atom stereocenters. The molecule has 0 aliphatic carbocycles. The minimum absolute atomic E-state index is 0.104. The zero-order chi connectivity index (χ0) is 9.45. The van der Waals surface area contributed by atoms with E-state index in [2.05, 4.69) is 6.92 Å². The molecule has 0 spiro atoms. The monoisotopic (exact) mass is 175 g/mol. The van der Waals surface area contributed by atoms with Crippen molar-refractivity contribution >= 4 is 0 Å². The Hall–Kier alpha value is -0.120. The molecule has 0 heterocycles. The second-order valence-electron chi connectivity index (χ2n) is 3.39. The van der Waals surface area contributed by atoms with Gasteiger partial charge < -0.3 is 15.9 Å². The first-order valence-corrected chi connectivity index (χ1v) is 4.74. The van der Waals surface area contributed by atoms with Gasteiger partial charge in [-0.15, -0.1) is 0 Å². The van der Waals surface area contributed by atoms with Gasteiger partial charge in [-0.3, -0.25) is 0 Å². The maximum atomic E-state index is 9.54. The van der Waals surface area contributed by atoms with Crippen LogP contribution in [0.15, 0.2) is 0 Å². The molecule has 74 valence electrons.